The van der Waals surface area contributed by atoms with Gasteiger partial charge in [-0.3, -0.25) is 4.79 Å². The molecule has 0 bridgehead atoms. The number of hydrogen-bond acceptors (Lipinski definition) is 8. The fraction of sp³-hybridized carbons (Fsp3) is 0.647. The summed E-state index contributed by atoms with van der Waals surface area (Å²) < 4.78 is 88.7. The average Bonchev–Trinajstić information content (AvgIpc) is 3.52. The van der Waals surface area contributed by atoms with E-state index in [9.17, 15) is 46.1 Å². The van der Waals surface area contributed by atoms with Crippen LogP contribution < -0.4 is 9.80 Å². The minimum Gasteiger partial charge on any atom is -0.481 e. The third-order valence-corrected chi connectivity index (χ3v) is 10.2. The number of carboxylic acids is 1. The van der Waals surface area contributed by atoms with Gasteiger partial charge in [0.2, 0.25) is 5.95 Å². The third kappa shape index (κ3) is 8.72. The van der Waals surface area contributed by atoms with Crippen molar-refractivity contribution in [1.82, 2.24) is 14.9 Å². The van der Waals surface area contributed by atoms with Crippen molar-refractivity contribution < 1.29 is 50.9 Å². The Morgan fingerprint density at radius 3 is 1.92 bits per heavy atom. The molecule has 0 radical (unpaired) electrons. The van der Waals surface area contributed by atoms with E-state index in [1.807, 2.05) is 18.7 Å². The second-order valence-electron chi connectivity index (χ2n) is 13.5. The Kier molecular flexibility index (Phi) is 11.4. The number of aliphatic carboxylic acids is 1. The number of β-amino-alcohol motifs (C(OH)–C–C–N with tert-alkyl or cyclic N) is 1. The third-order valence-electron chi connectivity index (χ3n) is 10.2. The summed E-state index contributed by atoms with van der Waals surface area (Å²) in [6.07, 6.45) is -4.55. The van der Waals surface area contributed by atoms with Gasteiger partial charge in [0.1, 0.15) is 6.10 Å². The van der Waals surface area contributed by atoms with Crippen molar-refractivity contribution in [1.29, 1.82) is 0 Å². The minimum absolute atomic E-state index is 0.0993. The van der Waals surface area contributed by atoms with Gasteiger partial charge in [-0.25, -0.2) is 14.8 Å². The van der Waals surface area contributed by atoms with Crippen LogP contribution in [0.4, 0.5) is 42.8 Å². The van der Waals surface area contributed by atoms with Crippen LogP contribution >= 0.6 is 0 Å². The molecule has 3 fully saturated rings. The fourth-order valence-electron chi connectivity index (χ4n) is 7.43. The van der Waals surface area contributed by atoms with Gasteiger partial charge in [0, 0.05) is 37.8 Å². The molecule has 2 saturated heterocycles. The van der Waals surface area contributed by atoms with E-state index < -0.39 is 59.7 Å². The highest BCUT2D eigenvalue weighted by Gasteiger charge is 2.42. The predicted molar refractivity (Wildman–Crippen MR) is 170 cm³/mol. The second-order valence-corrected chi connectivity index (χ2v) is 13.5. The summed E-state index contributed by atoms with van der Waals surface area (Å²) in [4.78, 5) is 39.2. The summed E-state index contributed by atoms with van der Waals surface area (Å²) in [6, 6.07) is 0.305. The number of benzene rings is 1. The van der Waals surface area contributed by atoms with E-state index in [2.05, 4.69) is 9.97 Å². The van der Waals surface area contributed by atoms with Crippen molar-refractivity contribution in [2.45, 2.75) is 121 Å². The van der Waals surface area contributed by atoms with Crippen LogP contribution in [0.5, 0.6) is 0 Å². The maximum atomic E-state index is 13.8. The van der Waals surface area contributed by atoms with Gasteiger partial charge in [-0.05, 0) is 81.5 Å². The normalized spacial score (nSPS) is 26.2. The zero-order valence-corrected chi connectivity index (χ0v) is 28.0. The van der Waals surface area contributed by atoms with Gasteiger partial charge >= 0.3 is 24.4 Å². The standard InChI is InChI=1S/C34H43F6N5O5/c1-3-24-14-26(15-25(4-2)45(24)32(49)50-29-7-5-21(6-8-29)30(47)48)44(31-41-16-27(17-42-31)43-10-9-28(46)19-43)18-20-11-22(33(35,36)37)13-23(12-20)34(38,39)40/h11-13,16-17,21,24-26,28-29,46H,3-10,14-15,18-19H2,1-2H3,(H,47,48)/t21?,24-,25+,26?,28-,29?/m0/s1. The lowest BCUT2D eigenvalue weighted by Gasteiger charge is -2.47. The molecule has 3 heterocycles. The number of hydrogen-bond donors (Lipinski definition) is 2. The molecule has 1 aromatic heterocycles. The molecule has 1 amide bonds. The van der Waals surface area contributed by atoms with Gasteiger partial charge < -0.3 is 29.6 Å². The van der Waals surface area contributed by atoms with E-state index in [4.69, 9.17) is 4.74 Å². The van der Waals surface area contributed by atoms with Crippen molar-refractivity contribution in [2.24, 2.45) is 5.92 Å². The van der Waals surface area contributed by atoms with Crippen molar-refractivity contribution in [2.75, 3.05) is 22.9 Å². The van der Waals surface area contributed by atoms with E-state index in [0.717, 1.165) is 0 Å². The molecule has 4 atom stereocenters. The summed E-state index contributed by atoms with van der Waals surface area (Å²) >= 11 is 0. The lowest BCUT2D eigenvalue weighted by atomic mass is 9.87. The Bertz CT molecular complexity index is 1440. The number of carbonyl (C=O) groups is 2. The largest absolute Gasteiger partial charge is 0.481 e. The Morgan fingerprint density at radius 2 is 1.46 bits per heavy atom. The number of amides is 1. The maximum absolute atomic E-state index is 13.8. The number of alkyl halides is 6. The van der Waals surface area contributed by atoms with Gasteiger partial charge in [0.05, 0.1) is 41.2 Å². The molecule has 2 aromatic rings. The Labute approximate surface area is 286 Å². The van der Waals surface area contributed by atoms with E-state index in [-0.39, 0.29) is 36.2 Å². The van der Waals surface area contributed by atoms with Crippen molar-refractivity contribution in [3.8, 4) is 0 Å². The van der Waals surface area contributed by atoms with Crippen LogP contribution in [0.25, 0.3) is 0 Å². The van der Waals surface area contributed by atoms with Crippen LogP contribution in [0.1, 0.15) is 88.3 Å². The fourth-order valence-corrected chi connectivity index (χ4v) is 7.43. The molecule has 5 rings (SSSR count). The number of aliphatic hydroxyl groups excluding tert-OH is 1. The SMILES string of the molecule is CC[C@@H]1CC(N(Cc2cc(C(F)(F)F)cc(C(F)(F)F)c2)c2ncc(N3CC[C@H](O)C3)cn2)C[C@H](CC)N1C(=O)OC1CCC(C(=O)O)CC1. The molecule has 1 aliphatic carbocycles. The molecule has 2 N–H and O–H groups in total. The molecule has 276 valence electrons. The topological polar surface area (TPSA) is 119 Å². The number of ether oxygens (including phenoxy) is 1. The van der Waals surface area contributed by atoms with Crippen molar-refractivity contribution in [3.63, 3.8) is 0 Å². The Hall–Kier alpha value is -3.82. The number of anilines is 2. The van der Waals surface area contributed by atoms with Gasteiger partial charge in [-0.15, -0.1) is 0 Å². The number of nitrogens with zero attached hydrogens (tertiary/aromatic N) is 5. The smallest absolute Gasteiger partial charge is 0.416 e. The zero-order chi connectivity index (χ0) is 36.4. The number of piperidine rings is 1. The van der Waals surface area contributed by atoms with Crippen molar-refractivity contribution in [3.05, 3.63) is 47.3 Å². The van der Waals surface area contributed by atoms with Crippen LogP contribution in [0.2, 0.25) is 0 Å². The molecular weight excluding hydrogens is 672 g/mol. The lowest BCUT2D eigenvalue weighted by molar-refractivity contribution is -0.144. The molecule has 10 nitrogen and oxygen atoms in total. The highest BCUT2D eigenvalue weighted by Crippen LogP contribution is 2.39. The lowest BCUT2D eigenvalue weighted by Crippen LogP contribution is -2.57. The molecule has 3 aliphatic rings. The summed E-state index contributed by atoms with van der Waals surface area (Å²) in [5.41, 5.74) is -2.43. The zero-order valence-electron chi connectivity index (χ0n) is 28.0. The molecule has 1 unspecified atom stereocenters. The van der Waals surface area contributed by atoms with Gasteiger partial charge in [-0.1, -0.05) is 13.8 Å². The molecular formula is C34H43F6N5O5. The Morgan fingerprint density at radius 1 is 0.900 bits per heavy atom. The number of carboxylic acid groups (broad SMARTS) is 1. The number of carbonyl (C=O) groups excluding carboxylic acids is 1. The molecule has 16 heteroatoms. The van der Waals surface area contributed by atoms with Gasteiger partial charge in [-0.2, -0.15) is 26.3 Å². The first-order chi connectivity index (χ1) is 23.6. The summed E-state index contributed by atoms with van der Waals surface area (Å²) in [7, 11) is 0. The highest BCUT2D eigenvalue weighted by molar-refractivity contribution is 5.70. The summed E-state index contributed by atoms with van der Waals surface area (Å²) in [5, 5.41) is 19.3. The first-order valence-electron chi connectivity index (χ1n) is 17.1. The van der Waals surface area contributed by atoms with E-state index in [1.54, 1.807) is 9.80 Å². The molecule has 2 aliphatic heterocycles. The second kappa shape index (κ2) is 15.2. The molecule has 1 saturated carbocycles. The van der Waals surface area contributed by atoms with Gasteiger partial charge in [0.15, 0.2) is 0 Å². The molecule has 0 spiro atoms. The quantitative estimate of drug-likeness (QED) is 0.268. The summed E-state index contributed by atoms with van der Waals surface area (Å²) in [6.45, 7) is 4.37. The molecule has 1 aromatic carbocycles. The average molecular weight is 716 g/mol. The van der Waals surface area contributed by atoms with Crippen LogP contribution in [0.3, 0.4) is 0 Å². The van der Waals surface area contributed by atoms with E-state index in [0.29, 0.717) is 88.7 Å². The minimum atomic E-state index is -5.02. The van der Waals surface area contributed by atoms with E-state index in [1.165, 1.54) is 12.4 Å². The molecule has 50 heavy (non-hydrogen) atoms. The number of aromatic nitrogens is 2. The number of halogens is 6. The number of likely N-dealkylation sites (tertiary alicyclic amines) is 1. The van der Waals surface area contributed by atoms with Gasteiger partial charge in [0.25, 0.3) is 0 Å². The maximum Gasteiger partial charge on any atom is 0.416 e. The van der Waals surface area contributed by atoms with E-state index >= 15 is 0 Å². The van der Waals surface area contributed by atoms with Crippen LogP contribution in [0.15, 0.2) is 30.6 Å². The number of aliphatic hydroxyl groups is 1. The Balaban J connectivity index is 1.44. The summed E-state index contributed by atoms with van der Waals surface area (Å²) in [5.74, 6) is -1.23. The highest BCUT2D eigenvalue weighted by atomic mass is 19.4. The number of rotatable bonds is 9. The van der Waals surface area contributed by atoms with Crippen LogP contribution in [0, 0.1) is 5.92 Å². The predicted octanol–water partition coefficient (Wildman–Crippen LogP) is 6.89. The monoisotopic (exact) mass is 715 g/mol. The first-order valence-corrected chi connectivity index (χ1v) is 17.1. The van der Waals surface area contributed by atoms with Crippen LogP contribution in [-0.4, -0.2) is 80.6 Å². The van der Waals surface area contributed by atoms with Crippen LogP contribution in [-0.2, 0) is 28.4 Å². The first kappa shape index (κ1) is 37.4. The van der Waals surface area contributed by atoms with Crippen molar-refractivity contribution >= 4 is 23.7 Å².